The van der Waals surface area contributed by atoms with Gasteiger partial charge in [-0.15, -0.1) is 0 Å². The van der Waals surface area contributed by atoms with Gasteiger partial charge in [0.15, 0.2) is 0 Å². The molecule has 1 fully saturated rings. The average molecular weight is 478 g/mol. The molecule has 0 unspecified atom stereocenters. The fourth-order valence-corrected chi connectivity index (χ4v) is 5.30. The van der Waals surface area contributed by atoms with Crippen molar-refractivity contribution >= 4 is 32.5 Å². The van der Waals surface area contributed by atoms with Crippen molar-refractivity contribution in [3.63, 3.8) is 0 Å². The SMILES string of the molecule is O=C(c1ccc(NS(=O)(=O)c2cccc3cccnc23)cc1)N1CC(O)(c2cccc(F)c2)C1. The Bertz CT molecular complexity index is 1500. The predicted molar refractivity (Wildman–Crippen MR) is 125 cm³/mol. The Hall–Kier alpha value is -3.82. The number of amides is 1. The molecule has 1 aromatic heterocycles. The molecule has 0 spiro atoms. The molecule has 34 heavy (non-hydrogen) atoms. The van der Waals surface area contributed by atoms with E-state index in [1.54, 1.807) is 30.3 Å². The molecule has 0 saturated carbocycles. The molecule has 3 aromatic carbocycles. The highest BCUT2D eigenvalue weighted by Gasteiger charge is 2.45. The third-order valence-corrected chi connectivity index (χ3v) is 7.24. The Balaban J connectivity index is 1.29. The summed E-state index contributed by atoms with van der Waals surface area (Å²) in [6.45, 7) is 0.0789. The molecule has 0 atom stereocenters. The number of nitrogens with one attached hydrogen (secondary N) is 1. The van der Waals surface area contributed by atoms with Crippen molar-refractivity contribution in [3.05, 3.63) is 102 Å². The van der Waals surface area contributed by atoms with E-state index in [-0.39, 0.29) is 23.9 Å². The summed E-state index contributed by atoms with van der Waals surface area (Å²) in [4.78, 5) is 18.5. The number of carbonyl (C=O) groups excluding carboxylic acids is 1. The van der Waals surface area contributed by atoms with Crippen molar-refractivity contribution in [2.45, 2.75) is 10.5 Å². The summed E-state index contributed by atoms with van der Waals surface area (Å²) in [7, 11) is -3.90. The number of anilines is 1. The largest absolute Gasteiger partial charge is 0.381 e. The second-order valence-electron chi connectivity index (χ2n) is 8.22. The highest BCUT2D eigenvalue weighted by atomic mass is 32.2. The van der Waals surface area contributed by atoms with Gasteiger partial charge in [-0.05, 0) is 54.1 Å². The topological polar surface area (TPSA) is 99.6 Å². The van der Waals surface area contributed by atoms with Crippen LogP contribution in [-0.4, -0.2) is 42.4 Å². The number of likely N-dealkylation sites (tertiary alicyclic amines) is 1. The summed E-state index contributed by atoms with van der Waals surface area (Å²) in [5.74, 6) is -0.762. The third-order valence-electron chi connectivity index (χ3n) is 5.82. The van der Waals surface area contributed by atoms with E-state index >= 15 is 0 Å². The van der Waals surface area contributed by atoms with Crippen molar-refractivity contribution in [2.24, 2.45) is 0 Å². The van der Waals surface area contributed by atoms with Crippen molar-refractivity contribution in [1.82, 2.24) is 9.88 Å². The Morgan fingerprint density at radius 2 is 1.71 bits per heavy atom. The molecule has 9 heteroatoms. The predicted octanol–water partition coefficient (Wildman–Crippen LogP) is 3.52. The van der Waals surface area contributed by atoms with Gasteiger partial charge in [0.1, 0.15) is 16.3 Å². The van der Waals surface area contributed by atoms with Crippen molar-refractivity contribution in [3.8, 4) is 0 Å². The number of fused-ring (bicyclic) bond motifs is 1. The smallest absolute Gasteiger partial charge is 0.264 e. The van der Waals surface area contributed by atoms with Gasteiger partial charge in [-0.25, -0.2) is 12.8 Å². The van der Waals surface area contributed by atoms with Gasteiger partial charge in [0.2, 0.25) is 0 Å². The molecule has 1 amide bonds. The van der Waals surface area contributed by atoms with Crippen LogP contribution in [0.4, 0.5) is 10.1 Å². The molecule has 1 aliphatic heterocycles. The first-order chi connectivity index (χ1) is 16.2. The van der Waals surface area contributed by atoms with Crippen LogP contribution in [0.2, 0.25) is 0 Å². The maximum absolute atomic E-state index is 13.5. The molecule has 5 rings (SSSR count). The first-order valence-electron chi connectivity index (χ1n) is 10.5. The van der Waals surface area contributed by atoms with E-state index in [0.717, 1.165) is 0 Å². The van der Waals surface area contributed by atoms with E-state index in [9.17, 15) is 22.7 Å². The summed E-state index contributed by atoms with van der Waals surface area (Å²) in [6.07, 6.45) is 1.53. The lowest BCUT2D eigenvalue weighted by molar-refractivity contribution is -0.0865. The summed E-state index contributed by atoms with van der Waals surface area (Å²) in [6, 6.07) is 20.2. The molecular formula is C25H20FN3O4S. The number of sulfonamides is 1. The van der Waals surface area contributed by atoms with Gasteiger partial charge in [0.25, 0.3) is 15.9 Å². The van der Waals surface area contributed by atoms with Crippen LogP contribution in [0.15, 0.2) is 90.0 Å². The number of carbonyl (C=O) groups is 1. The lowest BCUT2D eigenvalue weighted by atomic mass is 9.85. The van der Waals surface area contributed by atoms with Crippen molar-refractivity contribution < 1.29 is 22.7 Å². The lowest BCUT2D eigenvalue weighted by Gasteiger charge is -2.46. The van der Waals surface area contributed by atoms with Gasteiger partial charge in [-0.3, -0.25) is 14.5 Å². The molecule has 7 nitrogen and oxygen atoms in total. The number of aliphatic hydroxyl groups is 1. The van der Waals surface area contributed by atoms with Crippen LogP contribution >= 0.6 is 0 Å². The van der Waals surface area contributed by atoms with Crippen LogP contribution in [0.3, 0.4) is 0 Å². The van der Waals surface area contributed by atoms with Crippen LogP contribution in [0.5, 0.6) is 0 Å². The molecule has 172 valence electrons. The van der Waals surface area contributed by atoms with E-state index in [0.29, 0.717) is 27.7 Å². The number of hydrogen-bond acceptors (Lipinski definition) is 5. The van der Waals surface area contributed by atoms with Gasteiger partial charge >= 0.3 is 0 Å². The standard InChI is InChI=1S/C25H20FN3O4S/c26-20-7-2-6-19(14-20)25(31)15-29(16-25)24(30)18-9-11-21(12-10-18)28-34(32,33)22-8-1-4-17-5-3-13-27-23(17)22/h1-14,28,31H,15-16H2. The van der Waals surface area contributed by atoms with Crippen molar-refractivity contribution in [2.75, 3.05) is 17.8 Å². The van der Waals surface area contributed by atoms with E-state index in [1.807, 2.05) is 0 Å². The number of β-amino-alcohol motifs (C(OH)–C–C–N with tert-alkyl or cyclic N) is 1. The molecule has 4 aromatic rings. The minimum Gasteiger partial charge on any atom is -0.381 e. The zero-order valence-electron chi connectivity index (χ0n) is 17.8. The number of hydrogen-bond donors (Lipinski definition) is 2. The summed E-state index contributed by atoms with van der Waals surface area (Å²) < 4.78 is 41.9. The fourth-order valence-electron chi connectivity index (χ4n) is 4.06. The number of para-hydroxylation sites is 1. The molecular weight excluding hydrogens is 457 g/mol. The van der Waals surface area contributed by atoms with E-state index in [1.165, 1.54) is 59.6 Å². The van der Waals surface area contributed by atoms with E-state index in [4.69, 9.17) is 0 Å². The lowest BCUT2D eigenvalue weighted by Crippen LogP contribution is -2.61. The average Bonchev–Trinajstić information content (AvgIpc) is 2.81. The molecule has 0 aliphatic carbocycles. The Kier molecular flexibility index (Phi) is 5.30. The van der Waals surface area contributed by atoms with E-state index < -0.39 is 21.4 Å². The zero-order valence-corrected chi connectivity index (χ0v) is 18.7. The second kappa shape index (κ2) is 8.19. The summed E-state index contributed by atoms with van der Waals surface area (Å²) in [5.41, 5.74) is 0.136. The first kappa shape index (κ1) is 22.0. The number of benzene rings is 3. The van der Waals surface area contributed by atoms with Crippen molar-refractivity contribution in [1.29, 1.82) is 0 Å². The molecule has 1 aliphatic rings. The molecule has 0 radical (unpaired) electrons. The quantitative estimate of drug-likeness (QED) is 0.458. The van der Waals surface area contributed by atoms with Gasteiger partial charge in [-0.2, -0.15) is 0 Å². The number of nitrogens with zero attached hydrogens (tertiary/aromatic N) is 2. The van der Waals surface area contributed by atoms with Gasteiger partial charge < -0.3 is 10.0 Å². The molecule has 2 N–H and O–H groups in total. The minimum absolute atomic E-state index is 0.0394. The summed E-state index contributed by atoms with van der Waals surface area (Å²) in [5, 5.41) is 11.4. The number of pyridine rings is 1. The van der Waals surface area contributed by atoms with Crippen LogP contribution < -0.4 is 4.72 Å². The van der Waals surface area contributed by atoms with Gasteiger partial charge in [-0.1, -0.05) is 30.3 Å². The minimum atomic E-state index is -3.90. The highest BCUT2D eigenvalue weighted by Crippen LogP contribution is 2.33. The number of rotatable bonds is 5. The summed E-state index contributed by atoms with van der Waals surface area (Å²) >= 11 is 0. The monoisotopic (exact) mass is 477 g/mol. The maximum atomic E-state index is 13.5. The number of halogens is 1. The normalized spacial score (nSPS) is 15.1. The van der Waals surface area contributed by atoms with Crippen LogP contribution in [0, 0.1) is 5.82 Å². The maximum Gasteiger partial charge on any atom is 0.264 e. The fraction of sp³-hybridized carbons (Fsp3) is 0.120. The van der Waals surface area contributed by atoms with Crippen LogP contribution in [-0.2, 0) is 15.6 Å². The Labute approximate surface area is 195 Å². The van der Waals surface area contributed by atoms with Crippen LogP contribution in [0.1, 0.15) is 15.9 Å². The highest BCUT2D eigenvalue weighted by molar-refractivity contribution is 7.93. The molecule has 2 heterocycles. The zero-order chi connectivity index (χ0) is 23.9. The van der Waals surface area contributed by atoms with Gasteiger partial charge in [0, 0.05) is 22.8 Å². The number of aromatic nitrogens is 1. The van der Waals surface area contributed by atoms with Gasteiger partial charge in [0.05, 0.1) is 18.6 Å². The Morgan fingerprint density at radius 3 is 2.44 bits per heavy atom. The molecule has 1 saturated heterocycles. The Morgan fingerprint density at radius 1 is 1.00 bits per heavy atom. The second-order valence-corrected chi connectivity index (χ2v) is 9.87. The third kappa shape index (κ3) is 4.00. The van der Waals surface area contributed by atoms with E-state index in [2.05, 4.69) is 9.71 Å². The molecule has 0 bridgehead atoms. The van der Waals surface area contributed by atoms with Crippen LogP contribution in [0.25, 0.3) is 10.9 Å². The first-order valence-corrected chi connectivity index (χ1v) is 12.0.